The third kappa shape index (κ3) is 3.71. The zero-order chi connectivity index (χ0) is 14.8. The van der Waals surface area contributed by atoms with E-state index in [1.165, 1.54) is 0 Å². The van der Waals surface area contributed by atoms with Crippen LogP contribution in [0.3, 0.4) is 0 Å². The van der Waals surface area contributed by atoms with Crippen LogP contribution in [-0.4, -0.2) is 36.2 Å². The minimum Gasteiger partial charge on any atom is -0.444 e. The minimum absolute atomic E-state index is 0.0726. The molecule has 2 rings (SSSR count). The Morgan fingerprint density at radius 2 is 2.35 bits per heavy atom. The summed E-state index contributed by atoms with van der Waals surface area (Å²) in [6.45, 7) is 7.53. The molecule has 1 aromatic heterocycles. The molecular formula is C14H19N3O2S. The Balaban J connectivity index is 2.01. The molecule has 1 amide bonds. The van der Waals surface area contributed by atoms with Crippen molar-refractivity contribution in [3.05, 3.63) is 21.9 Å². The second-order valence-corrected chi connectivity index (χ2v) is 6.73. The normalized spacial score (nSPS) is 19.5. The first-order chi connectivity index (χ1) is 9.39. The Kier molecular flexibility index (Phi) is 4.31. The maximum Gasteiger partial charge on any atom is 0.410 e. The quantitative estimate of drug-likeness (QED) is 0.864. The van der Waals surface area contributed by atoms with Gasteiger partial charge in [0.15, 0.2) is 0 Å². The van der Waals surface area contributed by atoms with E-state index in [1.807, 2.05) is 32.2 Å². The highest BCUT2D eigenvalue weighted by molar-refractivity contribution is 7.10. The summed E-state index contributed by atoms with van der Waals surface area (Å²) in [5.74, 6) is 0. The summed E-state index contributed by atoms with van der Waals surface area (Å²) in [5.41, 5.74) is 0.190. The van der Waals surface area contributed by atoms with Crippen LogP contribution in [0.4, 0.5) is 4.79 Å². The topological polar surface area (TPSA) is 65.4 Å². The predicted octanol–water partition coefficient (Wildman–Crippen LogP) is 2.50. The van der Waals surface area contributed by atoms with Gasteiger partial charge in [-0.3, -0.25) is 0 Å². The highest BCUT2D eigenvalue weighted by atomic mass is 32.1. The molecule has 5 nitrogen and oxygen atoms in total. The van der Waals surface area contributed by atoms with Gasteiger partial charge in [0, 0.05) is 29.9 Å². The molecule has 0 aliphatic carbocycles. The molecular weight excluding hydrogens is 274 g/mol. The molecule has 1 aliphatic heterocycles. The molecule has 2 heterocycles. The number of hydrogen-bond acceptors (Lipinski definition) is 5. The molecule has 0 spiro atoms. The van der Waals surface area contributed by atoms with Gasteiger partial charge in [0.25, 0.3) is 0 Å². The monoisotopic (exact) mass is 293 g/mol. The van der Waals surface area contributed by atoms with Crippen LogP contribution in [0.2, 0.25) is 0 Å². The van der Waals surface area contributed by atoms with Crippen LogP contribution in [0.15, 0.2) is 11.4 Å². The second-order valence-electron chi connectivity index (χ2n) is 5.78. The lowest BCUT2D eigenvalue weighted by molar-refractivity contribution is 0.0196. The van der Waals surface area contributed by atoms with Crippen molar-refractivity contribution in [1.29, 1.82) is 5.26 Å². The number of nitrogens with zero attached hydrogens (tertiary/aromatic N) is 2. The van der Waals surface area contributed by atoms with Gasteiger partial charge >= 0.3 is 6.09 Å². The summed E-state index contributed by atoms with van der Waals surface area (Å²) in [5, 5.41) is 14.1. The molecule has 1 unspecified atom stereocenters. The lowest BCUT2D eigenvalue weighted by atomic mass is 10.1. The van der Waals surface area contributed by atoms with Crippen LogP contribution in [0.5, 0.6) is 0 Å². The van der Waals surface area contributed by atoms with Crippen LogP contribution in [0, 0.1) is 11.3 Å². The fourth-order valence-corrected chi connectivity index (χ4v) is 2.93. The van der Waals surface area contributed by atoms with Crippen molar-refractivity contribution in [1.82, 2.24) is 10.2 Å². The first kappa shape index (κ1) is 14.8. The number of nitrogens with one attached hydrogen (secondary N) is 1. The molecule has 1 N–H and O–H groups in total. The predicted molar refractivity (Wildman–Crippen MR) is 77.6 cm³/mol. The number of carbonyl (C=O) groups excluding carboxylic acids is 1. The van der Waals surface area contributed by atoms with E-state index in [0.717, 1.165) is 11.4 Å². The molecule has 0 aromatic carbocycles. The molecule has 1 aliphatic rings. The third-order valence-electron chi connectivity index (χ3n) is 2.92. The van der Waals surface area contributed by atoms with Gasteiger partial charge in [0.05, 0.1) is 11.6 Å². The van der Waals surface area contributed by atoms with E-state index in [9.17, 15) is 4.79 Å². The fourth-order valence-electron chi connectivity index (χ4n) is 2.03. The van der Waals surface area contributed by atoms with Crippen molar-refractivity contribution >= 4 is 17.4 Å². The lowest BCUT2D eigenvalue weighted by Gasteiger charge is -2.34. The number of amides is 1. The Bertz CT molecular complexity index is 527. The van der Waals surface area contributed by atoms with Gasteiger partial charge in [-0.2, -0.15) is 5.26 Å². The summed E-state index contributed by atoms with van der Waals surface area (Å²) in [7, 11) is 0. The molecule has 1 atom stereocenters. The van der Waals surface area contributed by atoms with Gasteiger partial charge in [-0.25, -0.2) is 4.79 Å². The Morgan fingerprint density at radius 1 is 1.60 bits per heavy atom. The van der Waals surface area contributed by atoms with Crippen LogP contribution < -0.4 is 5.32 Å². The van der Waals surface area contributed by atoms with Crippen LogP contribution in [0.1, 0.15) is 37.3 Å². The maximum absolute atomic E-state index is 12.1. The molecule has 0 radical (unpaired) electrons. The summed E-state index contributed by atoms with van der Waals surface area (Å²) in [6, 6.07) is 4.08. The van der Waals surface area contributed by atoms with Gasteiger partial charge in [-0.1, -0.05) is 0 Å². The van der Waals surface area contributed by atoms with Crippen LogP contribution >= 0.6 is 11.3 Å². The van der Waals surface area contributed by atoms with E-state index < -0.39 is 5.60 Å². The molecule has 1 aromatic rings. The maximum atomic E-state index is 12.1. The average molecular weight is 293 g/mol. The molecule has 6 heteroatoms. The number of piperazine rings is 1. The van der Waals surface area contributed by atoms with E-state index in [-0.39, 0.29) is 12.1 Å². The highest BCUT2D eigenvalue weighted by Crippen LogP contribution is 2.25. The zero-order valence-corrected chi connectivity index (χ0v) is 12.8. The second kappa shape index (κ2) is 5.81. The standard InChI is InChI=1S/C14H19N3O2S/c1-14(2,3)19-13(18)17-5-4-16-11(8-17)12-6-10(7-15)9-20-12/h6,9,11,16H,4-5,8H2,1-3H3. The van der Waals surface area contributed by atoms with Crippen molar-refractivity contribution in [2.75, 3.05) is 19.6 Å². The van der Waals surface area contributed by atoms with E-state index in [2.05, 4.69) is 11.4 Å². The van der Waals surface area contributed by atoms with Crippen molar-refractivity contribution in [2.24, 2.45) is 0 Å². The number of hydrogen-bond donors (Lipinski definition) is 1. The van der Waals surface area contributed by atoms with E-state index in [4.69, 9.17) is 10.00 Å². The number of ether oxygens (including phenoxy) is 1. The van der Waals surface area contributed by atoms with Gasteiger partial charge in [-0.15, -0.1) is 11.3 Å². The fraction of sp³-hybridized carbons (Fsp3) is 0.571. The molecule has 0 saturated carbocycles. The van der Waals surface area contributed by atoms with Crippen molar-refractivity contribution < 1.29 is 9.53 Å². The van der Waals surface area contributed by atoms with Gasteiger partial charge in [0.2, 0.25) is 0 Å². The number of carbonyl (C=O) groups is 1. The largest absolute Gasteiger partial charge is 0.444 e. The Labute approximate surface area is 123 Å². The van der Waals surface area contributed by atoms with Crippen molar-refractivity contribution in [3.63, 3.8) is 0 Å². The van der Waals surface area contributed by atoms with Gasteiger partial charge in [0.1, 0.15) is 11.7 Å². The van der Waals surface area contributed by atoms with Crippen molar-refractivity contribution in [2.45, 2.75) is 32.4 Å². The van der Waals surface area contributed by atoms with Gasteiger partial charge < -0.3 is 15.0 Å². The first-order valence-electron chi connectivity index (χ1n) is 6.59. The third-order valence-corrected chi connectivity index (χ3v) is 3.97. The van der Waals surface area contributed by atoms with E-state index in [0.29, 0.717) is 18.7 Å². The molecule has 108 valence electrons. The summed E-state index contributed by atoms with van der Waals surface area (Å²) in [4.78, 5) is 14.9. The zero-order valence-electron chi connectivity index (χ0n) is 12.0. The lowest BCUT2D eigenvalue weighted by Crippen LogP contribution is -2.49. The molecule has 0 bridgehead atoms. The minimum atomic E-state index is -0.478. The molecule has 20 heavy (non-hydrogen) atoms. The van der Waals surface area contributed by atoms with Crippen LogP contribution in [0.25, 0.3) is 0 Å². The number of nitriles is 1. The summed E-state index contributed by atoms with van der Waals surface area (Å²) >= 11 is 1.54. The molecule has 1 saturated heterocycles. The first-order valence-corrected chi connectivity index (χ1v) is 7.47. The average Bonchev–Trinajstić information content (AvgIpc) is 2.85. The number of rotatable bonds is 1. The Morgan fingerprint density at radius 3 is 2.95 bits per heavy atom. The summed E-state index contributed by atoms with van der Waals surface area (Å²) in [6.07, 6.45) is -0.277. The molecule has 1 fully saturated rings. The van der Waals surface area contributed by atoms with Gasteiger partial charge in [-0.05, 0) is 26.8 Å². The van der Waals surface area contributed by atoms with E-state index >= 15 is 0 Å². The van der Waals surface area contributed by atoms with Crippen LogP contribution in [-0.2, 0) is 4.74 Å². The highest BCUT2D eigenvalue weighted by Gasteiger charge is 2.28. The number of thiophene rings is 1. The summed E-state index contributed by atoms with van der Waals surface area (Å²) < 4.78 is 5.40. The SMILES string of the molecule is CC(C)(C)OC(=O)N1CCNC(c2cc(C#N)cs2)C1. The Hall–Kier alpha value is -1.58. The van der Waals surface area contributed by atoms with E-state index in [1.54, 1.807) is 16.2 Å². The van der Waals surface area contributed by atoms with Crippen molar-refractivity contribution in [3.8, 4) is 6.07 Å². The smallest absolute Gasteiger partial charge is 0.410 e.